The SMILES string of the molecule is CCCC(F)(F)CC/C=C\[C@@H]1CN1NC(C)=O. The average Bonchev–Trinajstić information content (AvgIpc) is 2.90. The molecule has 0 saturated carbocycles. The van der Waals surface area contributed by atoms with Gasteiger partial charge in [-0.2, -0.15) is 0 Å². The summed E-state index contributed by atoms with van der Waals surface area (Å²) in [6, 6.07) is 0.179. The summed E-state index contributed by atoms with van der Waals surface area (Å²) in [5.41, 5.74) is 2.64. The molecule has 0 radical (unpaired) electrons. The number of hydrogen-bond acceptors (Lipinski definition) is 2. The summed E-state index contributed by atoms with van der Waals surface area (Å²) in [6.07, 6.45) is 4.41. The van der Waals surface area contributed by atoms with E-state index in [4.69, 9.17) is 0 Å². The number of halogens is 2. The molecule has 3 nitrogen and oxygen atoms in total. The Labute approximate surface area is 101 Å². The molecule has 1 aliphatic heterocycles. The second-order valence-electron chi connectivity index (χ2n) is 4.46. The summed E-state index contributed by atoms with van der Waals surface area (Å²) in [5.74, 6) is -2.64. The van der Waals surface area contributed by atoms with Gasteiger partial charge in [0.1, 0.15) is 0 Å². The highest BCUT2D eigenvalue weighted by atomic mass is 19.3. The number of nitrogens with one attached hydrogen (secondary N) is 1. The van der Waals surface area contributed by atoms with E-state index in [1.54, 1.807) is 18.0 Å². The van der Waals surface area contributed by atoms with Gasteiger partial charge < -0.3 is 0 Å². The Morgan fingerprint density at radius 1 is 1.53 bits per heavy atom. The Bertz CT molecular complexity index is 292. The first-order chi connectivity index (χ1) is 7.94. The molecule has 0 aliphatic carbocycles. The Kier molecular flexibility index (Phi) is 5.05. The van der Waals surface area contributed by atoms with Crippen molar-refractivity contribution in [1.82, 2.24) is 10.4 Å². The van der Waals surface area contributed by atoms with Gasteiger partial charge in [0, 0.05) is 26.3 Å². The highest BCUT2D eigenvalue weighted by Crippen LogP contribution is 2.26. The molecule has 1 fully saturated rings. The van der Waals surface area contributed by atoms with E-state index in [0.29, 0.717) is 12.8 Å². The molecule has 0 aromatic rings. The second-order valence-corrected chi connectivity index (χ2v) is 4.46. The second kappa shape index (κ2) is 6.10. The molecule has 5 heteroatoms. The Morgan fingerprint density at radius 2 is 2.24 bits per heavy atom. The van der Waals surface area contributed by atoms with Crippen molar-refractivity contribution >= 4 is 5.91 Å². The molecular formula is C12H20F2N2O. The molecular weight excluding hydrogens is 226 g/mol. The van der Waals surface area contributed by atoms with Crippen molar-refractivity contribution < 1.29 is 13.6 Å². The van der Waals surface area contributed by atoms with Crippen LogP contribution in [0, 0.1) is 0 Å². The number of hydrazine groups is 1. The monoisotopic (exact) mass is 246 g/mol. The minimum Gasteiger partial charge on any atom is -0.288 e. The molecule has 0 spiro atoms. The topological polar surface area (TPSA) is 32.1 Å². The van der Waals surface area contributed by atoms with Crippen LogP contribution in [-0.2, 0) is 4.79 Å². The van der Waals surface area contributed by atoms with Gasteiger partial charge >= 0.3 is 0 Å². The molecule has 1 rings (SSSR count). The van der Waals surface area contributed by atoms with Crippen LogP contribution in [0.2, 0.25) is 0 Å². The number of allylic oxidation sites excluding steroid dienone is 1. The Morgan fingerprint density at radius 3 is 2.82 bits per heavy atom. The number of carbonyl (C=O) groups is 1. The summed E-state index contributed by atoms with van der Waals surface area (Å²) in [6.45, 7) is 3.98. The zero-order valence-corrected chi connectivity index (χ0v) is 10.4. The molecule has 1 unspecified atom stereocenters. The van der Waals surface area contributed by atoms with Crippen LogP contribution < -0.4 is 5.43 Å². The van der Waals surface area contributed by atoms with Crippen molar-refractivity contribution in [3.63, 3.8) is 0 Å². The lowest BCUT2D eigenvalue weighted by molar-refractivity contribution is -0.121. The third kappa shape index (κ3) is 5.77. The molecule has 0 bridgehead atoms. The molecule has 1 amide bonds. The summed E-state index contributed by atoms with van der Waals surface area (Å²) >= 11 is 0. The minimum atomic E-state index is -2.54. The number of carbonyl (C=O) groups excluding carboxylic acids is 1. The van der Waals surface area contributed by atoms with Gasteiger partial charge in [0.15, 0.2) is 0 Å². The minimum absolute atomic E-state index is 0.0394. The molecule has 1 N–H and O–H groups in total. The number of hydrogen-bond donors (Lipinski definition) is 1. The zero-order chi connectivity index (χ0) is 12.9. The number of rotatable bonds is 7. The van der Waals surface area contributed by atoms with Crippen molar-refractivity contribution in [2.45, 2.75) is 51.5 Å². The Balaban J connectivity index is 2.14. The van der Waals surface area contributed by atoms with Crippen molar-refractivity contribution in [1.29, 1.82) is 0 Å². The standard InChI is InChI=1S/C12H20F2N2O/c1-3-7-12(13,14)8-5-4-6-11-9-16(11)15-10(2)17/h4,6,11H,3,5,7-9H2,1-2H3,(H,15,17)/b6-4-/t11-,16?/m1/s1. The lowest BCUT2D eigenvalue weighted by atomic mass is 10.1. The average molecular weight is 246 g/mol. The lowest BCUT2D eigenvalue weighted by Crippen LogP contribution is -2.27. The predicted octanol–water partition coefficient (Wildman–Crippen LogP) is 2.49. The van der Waals surface area contributed by atoms with Crippen LogP contribution in [0.15, 0.2) is 12.2 Å². The van der Waals surface area contributed by atoms with Crippen LogP contribution in [0.5, 0.6) is 0 Å². The molecule has 2 atom stereocenters. The van der Waals surface area contributed by atoms with Crippen molar-refractivity contribution in [2.24, 2.45) is 0 Å². The van der Waals surface area contributed by atoms with Crippen LogP contribution >= 0.6 is 0 Å². The van der Waals surface area contributed by atoms with E-state index >= 15 is 0 Å². The normalized spacial score (nSPS) is 24.0. The molecule has 1 saturated heterocycles. The van der Waals surface area contributed by atoms with Crippen molar-refractivity contribution in [3.8, 4) is 0 Å². The molecule has 17 heavy (non-hydrogen) atoms. The highest BCUT2D eigenvalue weighted by Gasteiger charge is 2.32. The van der Waals surface area contributed by atoms with Crippen LogP contribution in [0.1, 0.15) is 39.5 Å². The van der Waals surface area contributed by atoms with E-state index in [0.717, 1.165) is 6.54 Å². The summed E-state index contributed by atoms with van der Waals surface area (Å²) < 4.78 is 26.2. The zero-order valence-electron chi connectivity index (χ0n) is 10.4. The van der Waals surface area contributed by atoms with E-state index in [9.17, 15) is 13.6 Å². The molecule has 1 aliphatic rings. The molecule has 98 valence electrons. The van der Waals surface area contributed by atoms with Gasteiger partial charge in [-0.3, -0.25) is 10.2 Å². The maximum absolute atomic E-state index is 13.1. The third-order valence-corrected chi connectivity index (χ3v) is 2.60. The van der Waals surface area contributed by atoms with Crippen LogP contribution in [-0.4, -0.2) is 29.4 Å². The molecule has 0 aromatic carbocycles. The Hall–Kier alpha value is -0.970. The highest BCUT2D eigenvalue weighted by molar-refractivity contribution is 5.72. The van der Waals surface area contributed by atoms with Crippen LogP contribution in [0.4, 0.5) is 8.78 Å². The fourth-order valence-corrected chi connectivity index (χ4v) is 1.69. The third-order valence-electron chi connectivity index (χ3n) is 2.60. The van der Waals surface area contributed by atoms with E-state index in [1.807, 2.05) is 6.08 Å². The van der Waals surface area contributed by atoms with E-state index in [1.165, 1.54) is 6.92 Å². The maximum Gasteiger partial charge on any atom is 0.248 e. The smallest absolute Gasteiger partial charge is 0.248 e. The quantitative estimate of drug-likeness (QED) is 0.553. The van der Waals surface area contributed by atoms with E-state index in [-0.39, 0.29) is 24.8 Å². The van der Waals surface area contributed by atoms with Gasteiger partial charge in [-0.25, -0.2) is 13.8 Å². The first-order valence-electron chi connectivity index (χ1n) is 6.03. The van der Waals surface area contributed by atoms with E-state index in [2.05, 4.69) is 5.43 Å². The lowest BCUT2D eigenvalue weighted by Gasteiger charge is -2.13. The first kappa shape index (κ1) is 14.1. The van der Waals surface area contributed by atoms with Gasteiger partial charge in [-0.05, 0) is 6.42 Å². The van der Waals surface area contributed by atoms with E-state index < -0.39 is 5.92 Å². The fourth-order valence-electron chi connectivity index (χ4n) is 1.69. The van der Waals surface area contributed by atoms with Gasteiger partial charge in [0.05, 0.1) is 6.04 Å². The van der Waals surface area contributed by atoms with Crippen molar-refractivity contribution in [3.05, 3.63) is 12.2 Å². The summed E-state index contributed by atoms with van der Waals surface area (Å²) in [5, 5.41) is 1.77. The predicted molar refractivity (Wildman–Crippen MR) is 62.5 cm³/mol. The van der Waals surface area contributed by atoms with Gasteiger partial charge in [0.2, 0.25) is 11.8 Å². The van der Waals surface area contributed by atoms with Gasteiger partial charge in [0.25, 0.3) is 0 Å². The van der Waals surface area contributed by atoms with Gasteiger partial charge in [-0.15, -0.1) is 0 Å². The number of amides is 1. The summed E-state index contributed by atoms with van der Waals surface area (Å²) in [7, 11) is 0. The maximum atomic E-state index is 13.1. The summed E-state index contributed by atoms with van der Waals surface area (Å²) in [4.78, 5) is 10.7. The number of nitrogens with zero attached hydrogens (tertiary/aromatic N) is 1. The molecule has 1 heterocycles. The number of alkyl halides is 2. The molecule has 0 aromatic heterocycles. The van der Waals surface area contributed by atoms with Gasteiger partial charge in [-0.1, -0.05) is 25.5 Å². The van der Waals surface area contributed by atoms with Crippen molar-refractivity contribution in [2.75, 3.05) is 6.54 Å². The largest absolute Gasteiger partial charge is 0.288 e. The first-order valence-corrected chi connectivity index (χ1v) is 6.03. The van der Waals surface area contributed by atoms with Crippen LogP contribution in [0.3, 0.4) is 0 Å². The van der Waals surface area contributed by atoms with Crippen LogP contribution in [0.25, 0.3) is 0 Å². The fraction of sp³-hybridized carbons (Fsp3) is 0.750.